The molecule has 1 atom stereocenters. The Bertz CT molecular complexity index is 2460. The van der Waals surface area contributed by atoms with Crippen LogP contribution in [-0.4, -0.2) is 18.4 Å². The summed E-state index contributed by atoms with van der Waals surface area (Å²) in [5.41, 5.74) is 9.50. The summed E-state index contributed by atoms with van der Waals surface area (Å²) in [4.78, 5) is 24.8. The Hall–Kier alpha value is -5.22. The van der Waals surface area contributed by atoms with Crippen LogP contribution in [0.25, 0.3) is 54.9 Å². The van der Waals surface area contributed by atoms with Crippen molar-refractivity contribution < 1.29 is 19.1 Å². The number of carbonyl (C=O) groups is 2. The molecule has 0 N–H and O–H groups in total. The highest BCUT2D eigenvalue weighted by molar-refractivity contribution is 6.11. The van der Waals surface area contributed by atoms with Crippen molar-refractivity contribution in [3.63, 3.8) is 0 Å². The molecule has 0 amide bonds. The average molecular weight is 811 g/mol. The molecule has 0 spiro atoms. The predicted octanol–water partition coefficient (Wildman–Crippen LogP) is 15.6. The Morgan fingerprint density at radius 1 is 0.525 bits per heavy atom. The van der Waals surface area contributed by atoms with Gasteiger partial charge in [-0.15, -0.1) is 0 Å². The van der Waals surface area contributed by atoms with E-state index in [2.05, 4.69) is 111 Å². The molecule has 314 valence electrons. The zero-order chi connectivity index (χ0) is 41.7. The average Bonchev–Trinajstić information content (AvgIpc) is 3.30. The van der Waals surface area contributed by atoms with Crippen LogP contribution in [0.2, 0.25) is 0 Å². The van der Waals surface area contributed by atoms with Gasteiger partial charge in [0.2, 0.25) is 0 Å². The first-order valence-corrected chi connectivity index (χ1v) is 23.7. The smallest absolute Gasteiger partial charge is 0.352 e. The van der Waals surface area contributed by atoms with Gasteiger partial charge in [0.25, 0.3) is 0 Å². The number of hydrogen-bond donors (Lipinski definition) is 0. The van der Waals surface area contributed by atoms with Gasteiger partial charge in [-0.2, -0.15) is 0 Å². The van der Waals surface area contributed by atoms with Crippen LogP contribution in [0.4, 0.5) is 0 Å². The van der Waals surface area contributed by atoms with Crippen molar-refractivity contribution in [2.24, 2.45) is 11.8 Å². The Labute approximate surface area is 363 Å². The molecule has 2 aliphatic carbocycles. The summed E-state index contributed by atoms with van der Waals surface area (Å²) in [6.07, 6.45) is 18.4. The molecule has 1 aliphatic heterocycles. The third-order valence-corrected chi connectivity index (χ3v) is 14.5. The monoisotopic (exact) mass is 810 g/mol. The summed E-state index contributed by atoms with van der Waals surface area (Å²) >= 11 is 0. The van der Waals surface area contributed by atoms with E-state index in [-0.39, 0.29) is 0 Å². The van der Waals surface area contributed by atoms with Crippen LogP contribution in [0.5, 0.6) is 11.5 Å². The van der Waals surface area contributed by atoms with Crippen LogP contribution in [0.15, 0.2) is 109 Å². The van der Waals surface area contributed by atoms with E-state index in [0.717, 1.165) is 56.4 Å². The van der Waals surface area contributed by atoms with Gasteiger partial charge < -0.3 is 14.3 Å². The zero-order valence-corrected chi connectivity index (χ0v) is 36.3. The molecule has 0 saturated heterocycles. The van der Waals surface area contributed by atoms with Crippen molar-refractivity contribution in [3.05, 3.63) is 120 Å². The molecule has 3 aliphatic rings. The molecule has 61 heavy (non-hydrogen) atoms. The van der Waals surface area contributed by atoms with E-state index >= 15 is 0 Å². The maximum absolute atomic E-state index is 13.8. The molecule has 4 heteroatoms. The molecule has 4 nitrogen and oxygen atoms in total. The molecule has 0 aromatic heterocycles. The van der Waals surface area contributed by atoms with Crippen LogP contribution >= 0.6 is 0 Å². The van der Waals surface area contributed by atoms with Crippen LogP contribution in [-0.2, 0) is 9.59 Å². The van der Waals surface area contributed by atoms with E-state index in [1.54, 1.807) is 0 Å². The van der Waals surface area contributed by atoms with Gasteiger partial charge in [-0.1, -0.05) is 124 Å². The number of carbonyl (C=O) groups excluding carboxylic acids is 2. The lowest BCUT2D eigenvalue weighted by Crippen LogP contribution is -2.33. The number of ether oxygens (including phenoxy) is 2. The summed E-state index contributed by atoms with van der Waals surface area (Å²) in [5.74, 6) is 3.95. The topological polar surface area (TPSA) is 52.6 Å². The SMILES string of the molecule is CCCC1CCC(c2ccc(-c3ccc4c5c(ccc4c3)OC(=O)[C@H](CCCCC=O)Oc3ccc4cc(-c6ccc(C7CCC(CCC)CC7)cc6)ccc4c3-5)cc2)CC1. The summed E-state index contributed by atoms with van der Waals surface area (Å²) in [6.45, 7) is 4.62. The number of benzene rings is 6. The first kappa shape index (κ1) is 41.1. The number of hydrogen-bond acceptors (Lipinski definition) is 4. The molecule has 2 fully saturated rings. The predicted molar refractivity (Wildman–Crippen MR) is 252 cm³/mol. The van der Waals surface area contributed by atoms with E-state index in [0.29, 0.717) is 49.0 Å². The minimum absolute atomic E-state index is 0.402. The first-order valence-electron chi connectivity index (χ1n) is 23.7. The van der Waals surface area contributed by atoms with Gasteiger partial charge >= 0.3 is 5.97 Å². The van der Waals surface area contributed by atoms with Crippen molar-refractivity contribution in [1.82, 2.24) is 0 Å². The fourth-order valence-electron chi connectivity index (χ4n) is 11.1. The fraction of sp³-hybridized carbons (Fsp3) is 0.404. The standard InChI is InChI=1S/C57H62O4/c1-3-8-38-11-15-40(16-12-38)42-19-23-44(24-20-42)46-27-31-50-48(36-46)29-33-52-55(50)56-51-32-28-47(45-25-21-43(22-26-45)41-17-13-39(9-4-2)14-18-41)37-49(51)30-34-53(56)61-57(59)54(60-52)10-6-5-7-35-58/h19-41,54H,3-18H2,1-2H3/t38?,39?,40?,41?,54-/m0/s1. The van der Waals surface area contributed by atoms with Crippen molar-refractivity contribution >= 4 is 33.8 Å². The van der Waals surface area contributed by atoms with Crippen molar-refractivity contribution in [1.29, 1.82) is 0 Å². The van der Waals surface area contributed by atoms with Gasteiger partial charge in [-0.25, -0.2) is 4.79 Å². The van der Waals surface area contributed by atoms with E-state index in [1.165, 1.54) is 105 Å². The highest BCUT2D eigenvalue weighted by atomic mass is 16.6. The van der Waals surface area contributed by atoms with E-state index in [1.807, 2.05) is 12.1 Å². The number of aldehydes is 1. The summed E-state index contributed by atoms with van der Waals surface area (Å²) in [6, 6.07) is 40.2. The molecule has 2 saturated carbocycles. The van der Waals surface area contributed by atoms with Gasteiger partial charge in [0.15, 0.2) is 6.10 Å². The Balaban J connectivity index is 1.05. The lowest BCUT2D eigenvalue weighted by Gasteiger charge is -2.28. The first-order chi connectivity index (χ1) is 30.0. The summed E-state index contributed by atoms with van der Waals surface area (Å²) in [5, 5.41) is 4.25. The minimum Gasteiger partial charge on any atom is -0.478 e. The van der Waals surface area contributed by atoms with E-state index in [4.69, 9.17) is 9.47 Å². The molecular weight excluding hydrogens is 749 g/mol. The van der Waals surface area contributed by atoms with Crippen LogP contribution in [0.1, 0.15) is 140 Å². The van der Waals surface area contributed by atoms with Gasteiger partial charge in [0.05, 0.1) is 0 Å². The van der Waals surface area contributed by atoms with Crippen LogP contribution in [0, 0.1) is 11.8 Å². The second kappa shape index (κ2) is 18.8. The van der Waals surface area contributed by atoms with Gasteiger partial charge in [0, 0.05) is 17.5 Å². The number of unbranched alkanes of at least 4 members (excludes halogenated alkanes) is 2. The van der Waals surface area contributed by atoms with Gasteiger partial charge in [0.1, 0.15) is 17.8 Å². The van der Waals surface area contributed by atoms with Gasteiger partial charge in [-0.3, -0.25) is 0 Å². The zero-order valence-electron chi connectivity index (χ0n) is 36.3. The highest BCUT2D eigenvalue weighted by Gasteiger charge is 2.31. The molecule has 6 aromatic carbocycles. The largest absolute Gasteiger partial charge is 0.478 e. The third kappa shape index (κ3) is 8.92. The van der Waals surface area contributed by atoms with Crippen molar-refractivity contribution in [2.45, 2.75) is 135 Å². The molecule has 9 rings (SSSR count). The van der Waals surface area contributed by atoms with E-state index in [9.17, 15) is 9.59 Å². The van der Waals surface area contributed by atoms with Crippen molar-refractivity contribution in [2.75, 3.05) is 0 Å². The Morgan fingerprint density at radius 2 is 1.00 bits per heavy atom. The number of fused-ring (bicyclic) bond motifs is 7. The van der Waals surface area contributed by atoms with Crippen LogP contribution < -0.4 is 9.47 Å². The second-order valence-electron chi connectivity index (χ2n) is 18.5. The molecule has 0 radical (unpaired) electrons. The van der Waals surface area contributed by atoms with Crippen molar-refractivity contribution in [3.8, 4) is 44.9 Å². The highest BCUT2D eigenvalue weighted by Crippen LogP contribution is 2.48. The summed E-state index contributed by atoms with van der Waals surface area (Å²) < 4.78 is 12.9. The second-order valence-corrected chi connectivity index (χ2v) is 18.5. The maximum atomic E-state index is 13.8. The van der Waals surface area contributed by atoms with Crippen LogP contribution in [0.3, 0.4) is 0 Å². The Kier molecular flexibility index (Phi) is 12.7. The lowest BCUT2D eigenvalue weighted by atomic mass is 9.77. The fourth-order valence-corrected chi connectivity index (χ4v) is 11.1. The molecule has 6 aromatic rings. The van der Waals surface area contributed by atoms with E-state index < -0.39 is 12.1 Å². The maximum Gasteiger partial charge on any atom is 0.352 e. The Morgan fingerprint density at radius 3 is 1.49 bits per heavy atom. The molecule has 0 unspecified atom stereocenters. The normalized spacial score (nSPS) is 21.5. The number of rotatable bonds is 13. The summed E-state index contributed by atoms with van der Waals surface area (Å²) in [7, 11) is 0. The van der Waals surface area contributed by atoms with Gasteiger partial charge in [-0.05, 0) is 173 Å². The molecular formula is C57H62O4. The third-order valence-electron chi connectivity index (χ3n) is 14.5. The molecule has 0 bridgehead atoms. The lowest BCUT2D eigenvalue weighted by molar-refractivity contribution is -0.142. The minimum atomic E-state index is -0.775. The molecule has 1 heterocycles. The quantitative estimate of drug-likeness (QED) is 0.0505. The number of esters is 1.